The Balaban J connectivity index is 1.35. The van der Waals surface area contributed by atoms with Crippen molar-refractivity contribution in [3.63, 3.8) is 0 Å². The lowest BCUT2D eigenvalue weighted by Crippen LogP contribution is -2.36. The number of amides is 2. The molecule has 1 fully saturated rings. The van der Waals surface area contributed by atoms with Gasteiger partial charge in [-0.1, -0.05) is 6.07 Å². The van der Waals surface area contributed by atoms with E-state index in [-0.39, 0.29) is 17.7 Å². The topological polar surface area (TPSA) is 75.2 Å². The normalized spacial score (nSPS) is 15.7. The van der Waals surface area contributed by atoms with Crippen molar-refractivity contribution in [1.29, 1.82) is 0 Å². The van der Waals surface area contributed by atoms with Crippen LogP contribution in [-0.2, 0) is 11.2 Å². The van der Waals surface area contributed by atoms with Gasteiger partial charge in [0.1, 0.15) is 0 Å². The standard InChI is InChI=1S/C22H20N4O2S/c27-20(17-3-1-9-23-12-17)25-22-24-18(13-29-22)15-7-8-19-16(11-15)4-2-10-26(19)21(28)14-5-6-14/h1,3,7-9,11-14H,2,4-6,10H2,(H,24,25,27). The summed E-state index contributed by atoms with van der Waals surface area (Å²) in [5, 5.41) is 5.32. The summed E-state index contributed by atoms with van der Waals surface area (Å²) in [6.45, 7) is 0.808. The maximum absolute atomic E-state index is 12.6. The van der Waals surface area contributed by atoms with Crippen molar-refractivity contribution in [2.75, 3.05) is 16.8 Å². The Kier molecular flexibility index (Phi) is 4.60. The van der Waals surface area contributed by atoms with Crippen molar-refractivity contribution in [1.82, 2.24) is 9.97 Å². The van der Waals surface area contributed by atoms with E-state index in [0.29, 0.717) is 10.7 Å². The highest BCUT2D eigenvalue weighted by Gasteiger charge is 2.35. The third-order valence-electron chi connectivity index (χ3n) is 5.33. The van der Waals surface area contributed by atoms with E-state index < -0.39 is 0 Å². The summed E-state index contributed by atoms with van der Waals surface area (Å²) in [6.07, 6.45) is 7.16. The van der Waals surface area contributed by atoms with Gasteiger partial charge in [-0.3, -0.25) is 19.9 Å². The number of aromatic nitrogens is 2. The molecule has 0 unspecified atom stereocenters. The quantitative estimate of drug-likeness (QED) is 0.709. The Bertz CT molecular complexity index is 1080. The molecule has 29 heavy (non-hydrogen) atoms. The largest absolute Gasteiger partial charge is 0.312 e. The molecule has 146 valence electrons. The second-order valence-electron chi connectivity index (χ2n) is 7.44. The minimum Gasteiger partial charge on any atom is -0.312 e. The van der Waals surface area contributed by atoms with Crippen molar-refractivity contribution < 1.29 is 9.59 Å². The molecule has 1 aromatic carbocycles. The summed E-state index contributed by atoms with van der Waals surface area (Å²) in [5.41, 5.74) is 4.56. The molecular weight excluding hydrogens is 384 g/mol. The minimum atomic E-state index is -0.223. The highest BCUT2D eigenvalue weighted by molar-refractivity contribution is 7.14. The number of anilines is 2. The van der Waals surface area contributed by atoms with E-state index in [0.717, 1.165) is 49.2 Å². The highest BCUT2D eigenvalue weighted by atomic mass is 32.1. The van der Waals surface area contributed by atoms with Crippen LogP contribution in [0.1, 0.15) is 35.2 Å². The van der Waals surface area contributed by atoms with E-state index in [1.54, 1.807) is 18.3 Å². The summed E-state index contributed by atoms with van der Waals surface area (Å²) in [7, 11) is 0. The van der Waals surface area contributed by atoms with Crippen LogP contribution in [0.25, 0.3) is 11.3 Å². The number of thiazole rings is 1. The van der Waals surface area contributed by atoms with Crippen LogP contribution < -0.4 is 10.2 Å². The van der Waals surface area contributed by atoms with Crippen molar-refractivity contribution in [3.05, 3.63) is 59.2 Å². The second-order valence-corrected chi connectivity index (χ2v) is 8.30. The predicted octanol–water partition coefficient (Wildman–Crippen LogP) is 4.15. The molecule has 6 nitrogen and oxygen atoms in total. The van der Waals surface area contributed by atoms with Gasteiger partial charge in [0.25, 0.3) is 5.91 Å². The van der Waals surface area contributed by atoms with Crippen LogP contribution >= 0.6 is 11.3 Å². The lowest BCUT2D eigenvalue weighted by molar-refractivity contribution is -0.119. The van der Waals surface area contributed by atoms with E-state index in [1.807, 2.05) is 22.4 Å². The van der Waals surface area contributed by atoms with Crippen molar-refractivity contribution in [2.24, 2.45) is 5.92 Å². The van der Waals surface area contributed by atoms with Gasteiger partial charge in [-0.2, -0.15) is 0 Å². The Morgan fingerprint density at radius 3 is 2.90 bits per heavy atom. The summed E-state index contributed by atoms with van der Waals surface area (Å²) < 4.78 is 0. The van der Waals surface area contributed by atoms with Gasteiger partial charge in [0, 0.05) is 41.5 Å². The number of fused-ring (bicyclic) bond motifs is 1. The van der Waals surface area contributed by atoms with Crippen molar-refractivity contribution >= 4 is 34.0 Å². The Labute approximate surface area is 172 Å². The number of carbonyl (C=O) groups is 2. The lowest BCUT2D eigenvalue weighted by atomic mass is 9.98. The zero-order chi connectivity index (χ0) is 19.8. The molecule has 0 radical (unpaired) electrons. The van der Waals surface area contributed by atoms with Gasteiger partial charge in [-0.05, 0) is 55.5 Å². The molecule has 2 aliphatic rings. The maximum Gasteiger partial charge on any atom is 0.259 e. The summed E-state index contributed by atoms with van der Waals surface area (Å²) >= 11 is 1.39. The summed E-state index contributed by atoms with van der Waals surface area (Å²) in [5.74, 6) is 0.275. The first kappa shape index (κ1) is 18.0. The van der Waals surface area contributed by atoms with E-state index in [9.17, 15) is 9.59 Å². The molecule has 5 rings (SSSR count). The van der Waals surface area contributed by atoms with Gasteiger partial charge in [-0.15, -0.1) is 11.3 Å². The number of rotatable bonds is 4. The fourth-order valence-corrected chi connectivity index (χ4v) is 4.38. The molecule has 1 saturated carbocycles. The van der Waals surface area contributed by atoms with Gasteiger partial charge < -0.3 is 4.90 Å². The lowest BCUT2D eigenvalue weighted by Gasteiger charge is -2.30. The van der Waals surface area contributed by atoms with Gasteiger partial charge in [0.2, 0.25) is 5.91 Å². The minimum absolute atomic E-state index is 0.223. The molecule has 3 heterocycles. The fraction of sp³-hybridized carbons (Fsp3) is 0.273. The molecule has 2 amide bonds. The van der Waals surface area contributed by atoms with Gasteiger partial charge in [0.05, 0.1) is 11.3 Å². The molecular formula is C22H20N4O2S. The van der Waals surface area contributed by atoms with E-state index >= 15 is 0 Å². The average molecular weight is 404 g/mol. The van der Waals surface area contributed by atoms with Crippen LogP contribution in [0.3, 0.4) is 0 Å². The summed E-state index contributed by atoms with van der Waals surface area (Å²) in [4.78, 5) is 35.4. The van der Waals surface area contributed by atoms with Crippen LogP contribution in [0.15, 0.2) is 48.1 Å². The Hall–Kier alpha value is -3.06. The third kappa shape index (κ3) is 3.65. The molecule has 2 aromatic heterocycles. The number of hydrogen-bond donors (Lipinski definition) is 1. The number of pyridine rings is 1. The number of nitrogens with one attached hydrogen (secondary N) is 1. The number of aryl methyl sites for hydroxylation is 1. The first-order valence-electron chi connectivity index (χ1n) is 9.80. The molecule has 3 aromatic rings. The number of carbonyl (C=O) groups excluding carboxylic acids is 2. The number of hydrogen-bond acceptors (Lipinski definition) is 5. The highest BCUT2D eigenvalue weighted by Crippen LogP contribution is 2.37. The van der Waals surface area contributed by atoms with E-state index in [2.05, 4.69) is 21.4 Å². The van der Waals surface area contributed by atoms with Crippen molar-refractivity contribution in [3.8, 4) is 11.3 Å². The molecule has 1 aliphatic carbocycles. The van der Waals surface area contributed by atoms with Crippen LogP contribution in [0.2, 0.25) is 0 Å². The van der Waals surface area contributed by atoms with Crippen LogP contribution in [-0.4, -0.2) is 28.3 Å². The van der Waals surface area contributed by atoms with Gasteiger partial charge in [0.15, 0.2) is 5.13 Å². The zero-order valence-electron chi connectivity index (χ0n) is 15.8. The van der Waals surface area contributed by atoms with Gasteiger partial charge in [-0.25, -0.2) is 4.98 Å². The summed E-state index contributed by atoms with van der Waals surface area (Å²) in [6, 6.07) is 9.63. The molecule has 1 aliphatic heterocycles. The Morgan fingerprint density at radius 1 is 1.21 bits per heavy atom. The zero-order valence-corrected chi connectivity index (χ0v) is 16.6. The number of nitrogens with zero attached hydrogens (tertiary/aromatic N) is 3. The maximum atomic E-state index is 12.6. The van der Waals surface area contributed by atoms with Crippen LogP contribution in [0.4, 0.5) is 10.8 Å². The predicted molar refractivity (Wildman–Crippen MR) is 113 cm³/mol. The van der Waals surface area contributed by atoms with Crippen LogP contribution in [0.5, 0.6) is 0 Å². The first-order valence-corrected chi connectivity index (χ1v) is 10.7. The third-order valence-corrected chi connectivity index (χ3v) is 6.09. The SMILES string of the molecule is O=C(Nc1nc(-c2ccc3c(c2)CCCN3C(=O)C2CC2)cs1)c1cccnc1. The first-order chi connectivity index (χ1) is 14.2. The number of benzene rings is 1. The molecule has 0 atom stereocenters. The average Bonchev–Trinajstić information content (AvgIpc) is 3.52. The molecule has 1 N–H and O–H groups in total. The molecule has 0 spiro atoms. The van der Waals surface area contributed by atoms with Gasteiger partial charge >= 0.3 is 0 Å². The molecule has 0 saturated heterocycles. The van der Waals surface area contributed by atoms with E-state index in [4.69, 9.17) is 0 Å². The van der Waals surface area contributed by atoms with Crippen molar-refractivity contribution in [2.45, 2.75) is 25.7 Å². The monoisotopic (exact) mass is 404 g/mol. The fourth-order valence-electron chi connectivity index (χ4n) is 3.67. The molecule has 0 bridgehead atoms. The smallest absolute Gasteiger partial charge is 0.259 e. The second kappa shape index (κ2) is 7.40. The van der Waals surface area contributed by atoms with E-state index in [1.165, 1.54) is 23.1 Å². The van der Waals surface area contributed by atoms with Crippen LogP contribution in [0, 0.1) is 5.92 Å². The molecule has 7 heteroatoms. The Morgan fingerprint density at radius 2 is 2.10 bits per heavy atom.